The van der Waals surface area contributed by atoms with Crippen LogP contribution in [0, 0.1) is 5.92 Å². The summed E-state index contributed by atoms with van der Waals surface area (Å²) in [6.07, 6.45) is 3.71. The van der Waals surface area contributed by atoms with E-state index in [9.17, 15) is 0 Å². The standard InChI is InChI=1S/C14H23NOS/c1-11(2)13(12-6-4-9-17-12)15-10-14(16-3)7-5-8-14/h4,6,9,11,13,15H,5,7-8,10H2,1-3H3. The molecular formula is C14H23NOS. The predicted octanol–water partition coefficient (Wildman–Crippen LogP) is 3.60. The highest BCUT2D eigenvalue weighted by Crippen LogP contribution is 2.35. The first-order valence-electron chi connectivity index (χ1n) is 6.49. The van der Waals surface area contributed by atoms with Crippen molar-refractivity contribution in [3.63, 3.8) is 0 Å². The Kier molecular flexibility index (Phi) is 4.23. The van der Waals surface area contributed by atoms with Crippen LogP contribution in [0.15, 0.2) is 17.5 Å². The second-order valence-corrected chi connectivity index (χ2v) is 6.34. The lowest BCUT2D eigenvalue weighted by molar-refractivity contribution is -0.0715. The van der Waals surface area contributed by atoms with E-state index in [1.807, 2.05) is 18.4 Å². The molecule has 0 radical (unpaired) electrons. The van der Waals surface area contributed by atoms with Gasteiger partial charge < -0.3 is 10.1 Å². The van der Waals surface area contributed by atoms with Crippen LogP contribution in [0.1, 0.15) is 44.0 Å². The molecule has 1 aliphatic rings. The van der Waals surface area contributed by atoms with Crippen molar-refractivity contribution in [1.29, 1.82) is 0 Å². The summed E-state index contributed by atoms with van der Waals surface area (Å²) < 4.78 is 5.66. The van der Waals surface area contributed by atoms with E-state index < -0.39 is 0 Å². The van der Waals surface area contributed by atoms with Gasteiger partial charge in [0.05, 0.1) is 5.60 Å². The van der Waals surface area contributed by atoms with Gasteiger partial charge in [0.1, 0.15) is 0 Å². The second kappa shape index (κ2) is 5.51. The third-order valence-corrected chi connectivity index (χ3v) is 4.81. The lowest BCUT2D eigenvalue weighted by Crippen LogP contribution is -2.49. The van der Waals surface area contributed by atoms with Gasteiger partial charge in [0, 0.05) is 24.6 Å². The zero-order valence-electron chi connectivity index (χ0n) is 11.0. The van der Waals surface area contributed by atoms with Gasteiger partial charge in [-0.2, -0.15) is 0 Å². The van der Waals surface area contributed by atoms with E-state index in [4.69, 9.17) is 4.74 Å². The van der Waals surface area contributed by atoms with Gasteiger partial charge in [-0.15, -0.1) is 11.3 Å². The highest BCUT2D eigenvalue weighted by atomic mass is 32.1. The van der Waals surface area contributed by atoms with Crippen LogP contribution < -0.4 is 5.32 Å². The molecule has 3 heteroatoms. The van der Waals surface area contributed by atoms with Crippen molar-refractivity contribution < 1.29 is 4.74 Å². The first-order chi connectivity index (χ1) is 8.17. The molecule has 96 valence electrons. The lowest BCUT2D eigenvalue weighted by atomic mass is 9.79. The van der Waals surface area contributed by atoms with Gasteiger partial charge >= 0.3 is 0 Å². The molecule has 1 aromatic rings. The molecule has 2 rings (SSSR count). The van der Waals surface area contributed by atoms with Crippen molar-refractivity contribution >= 4 is 11.3 Å². The Labute approximate surface area is 108 Å². The van der Waals surface area contributed by atoms with Gasteiger partial charge in [-0.1, -0.05) is 19.9 Å². The Morgan fingerprint density at radius 3 is 2.65 bits per heavy atom. The summed E-state index contributed by atoms with van der Waals surface area (Å²) in [7, 11) is 1.84. The van der Waals surface area contributed by atoms with Gasteiger partial charge in [-0.05, 0) is 36.6 Å². The van der Waals surface area contributed by atoms with Crippen LogP contribution in [0.5, 0.6) is 0 Å². The molecule has 1 atom stereocenters. The minimum Gasteiger partial charge on any atom is -0.377 e. The van der Waals surface area contributed by atoms with Crippen molar-refractivity contribution in [2.24, 2.45) is 5.92 Å². The molecule has 17 heavy (non-hydrogen) atoms. The van der Waals surface area contributed by atoms with E-state index in [1.54, 1.807) is 0 Å². The van der Waals surface area contributed by atoms with Crippen LogP contribution in [0.4, 0.5) is 0 Å². The monoisotopic (exact) mass is 253 g/mol. The first-order valence-corrected chi connectivity index (χ1v) is 7.37. The maximum Gasteiger partial charge on any atom is 0.0802 e. The molecule has 1 aliphatic carbocycles. The quantitative estimate of drug-likeness (QED) is 0.836. The summed E-state index contributed by atoms with van der Waals surface area (Å²) in [6, 6.07) is 4.82. The normalized spacial score (nSPS) is 20.2. The fourth-order valence-corrected chi connectivity index (χ4v) is 3.43. The summed E-state index contributed by atoms with van der Waals surface area (Å²) in [6.45, 7) is 5.53. The largest absolute Gasteiger partial charge is 0.377 e. The van der Waals surface area contributed by atoms with Gasteiger partial charge in [-0.25, -0.2) is 0 Å². The minimum absolute atomic E-state index is 0.115. The zero-order chi connectivity index (χ0) is 12.3. The number of nitrogens with one attached hydrogen (secondary N) is 1. The topological polar surface area (TPSA) is 21.3 Å². The lowest BCUT2D eigenvalue weighted by Gasteiger charge is -2.42. The minimum atomic E-state index is 0.115. The predicted molar refractivity (Wildman–Crippen MR) is 73.5 cm³/mol. The molecule has 1 fully saturated rings. The number of methoxy groups -OCH3 is 1. The molecule has 0 spiro atoms. The number of hydrogen-bond donors (Lipinski definition) is 1. The van der Waals surface area contributed by atoms with Crippen LogP contribution in [-0.2, 0) is 4.74 Å². The van der Waals surface area contributed by atoms with Crippen LogP contribution in [0.25, 0.3) is 0 Å². The third-order valence-electron chi connectivity index (χ3n) is 3.86. The molecule has 0 saturated heterocycles. The zero-order valence-corrected chi connectivity index (χ0v) is 11.8. The Hall–Kier alpha value is -0.380. The first kappa shape index (κ1) is 13.1. The van der Waals surface area contributed by atoms with E-state index in [2.05, 4.69) is 36.7 Å². The summed E-state index contributed by atoms with van der Waals surface area (Å²) >= 11 is 1.84. The summed E-state index contributed by atoms with van der Waals surface area (Å²) in [4.78, 5) is 1.44. The molecule has 1 saturated carbocycles. The third kappa shape index (κ3) is 2.90. The highest BCUT2D eigenvalue weighted by molar-refractivity contribution is 7.10. The Morgan fingerprint density at radius 1 is 1.47 bits per heavy atom. The summed E-state index contributed by atoms with van der Waals surface area (Å²) in [5.74, 6) is 0.614. The van der Waals surface area contributed by atoms with Crippen LogP contribution in [0.3, 0.4) is 0 Å². The Bertz CT molecular complexity index is 324. The van der Waals surface area contributed by atoms with Crippen molar-refractivity contribution in [3.05, 3.63) is 22.4 Å². The average molecular weight is 253 g/mol. The highest BCUT2D eigenvalue weighted by Gasteiger charge is 2.37. The van der Waals surface area contributed by atoms with Crippen LogP contribution in [-0.4, -0.2) is 19.3 Å². The second-order valence-electron chi connectivity index (χ2n) is 5.36. The molecule has 1 N–H and O–H groups in total. The maximum atomic E-state index is 5.66. The van der Waals surface area contributed by atoms with Gasteiger partial charge in [0.15, 0.2) is 0 Å². The average Bonchev–Trinajstić information content (AvgIpc) is 2.74. The number of thiophene rings is 1. The Balaban J connectivity index is 1.95. The molecule has 0 amide bonds. The van der Waals surface area contributed by atoms with Gasteiger partial charge in [0.25, 0.3) is 0 Å². The van der Waals surface area contributed by atoms with E-state index in [0.29, 0.717) is 12.0 Å². The molecule has 1 unspecified atom stereocenters. The van der Waals surface area contributed by atoms with Crippen molar-refractivity contribution in [2.45, 2.75) is 44.8 Å². The van der Waals surface area contributed by atoms with Crippen molar-refractivity contribution in [1.82, 2.24) is 5.32 Å². The van der Waals surface area contributed by atoms with E-state index in [-0.39, 0.29) is 5.60 Å². The molecule has 0 bridgehead atoms. The molecule has 0 aromatic carbocycles. The summed E-state index contributed by atoms with van der Waals surface area (Å²) in [5.41, 5.74) is 0.115. The Morgan fingerprint density at radius 2 is 2.24 bits per heavy atom. The van der Waals surface area contributed by atoms with Crippen molar-refractivity contribution in [3.8, 4) is 0 Å². The molecule has 2 nitrogen and oxygen atoms in total. The SMILES string of the molecule is COC1(CNC(c2cccs2)C(C)C)CCC1. The van der Waals surface area contributed by atoms with E-state index in [1.165, 1.54) is 24.1 Å². The van der Waals surface area contributed by atoms with E-state index in [0.717, 1.165) is 6.54 Å². The van der Waals surface area contributed by atoms with Crippen LogP contribution in [0.2, 0.25) is 0 Å². The van der Waals surface area contributed by atoms with Gasteiger partial charge in [-0.3, -0.25) is 0 Å². The van der Waals surface area contributed by atoms with Crippen molar-refractivity contribution in [2.75, 3.05) is 13.7 Å². The number of ether oxygens (including phenoxy) is 1. The van der Waals surface area contributed by atoms with E-state index >= 15 is 0 Å². The maximum absolute atomic E-state index is 5.66. The number of hydrogen-bond acceptors (Lipinski definition) is 3. The molecule has 0 aliphatic heterocycles. The fraction of sp³-hybridized carbons (Fsp3) is 0.714. The molecule has 1 aromatic heterocycles. The fourth-order valence-electron chi connectivity index (χ4n) is 2.45. The van der Waals surface area contributed by atoms with Crippen LogP contribution >= 0.6 is 11.3 Å². The smallest absolute Gasteiger partial charge is 0.0802 e. The number of rotatable bonds is 6. The summed E-state index contributed by atoms with van der Waals surface area (Å²) in [5, 5.41) is 5.86. The molecular weight excluding hydrogens is 230 g/mol. The molecule has 1 heterocycles. The van der Waals surface area contributed by atoms with Gasteiger partial charge in [0.2, 0.25) is 0 Å².